The van der Waals surface area contributed by atoms with E-state index in [1.165, 1.54) is 6.07 Å². The van der Waals surface area contributed by atoms with Crippen LogP contribution in [0.25, 0.3) is 0 Å². The molecule has 0 atom stereocenters. The molecule has 0 saturated heterocycles. The number of halogens is 1. The van der Waals surface area contributed by atoms with Crippen LogP contribution >= 0.6 is 11.6 Å². The van der Waals surface area contributed by atoms with E-state index >= 15 is 0 Å². The zero-order chi connectivity index (χ0) is 10.4. The van der Waals surface area contributed by atoms with Crippen molar-refractivity contribution in [1.82, 2.24) is 9.78 Å². The highest BCUT2D eigenvalue weighted by atomic mass is 35.5. The van der Waals surface area contributed by atoms with Gasteiger partial charge in [-0.25, -0.2) is 0 Å². The molecule has 1 rings (SSSR count). The average Bonchev–Trinajstić information content (AvgIpc) is 2.61. The highest BCUT2D eigenvalue weighted by Crippen LogP contribution is 2.06. The van der Waals surface area contributed by atoms with Crippen molar-refractivity contribution in [2.75, 3.05) is 5.88 Å². The van der Waals surface area contributed by atoms with Gasteiger partial charge in [0, 0.05) is 5.88 Å². The molecule has 0 unspecified atom stereocenters. The van der Waals surface area contributed by atoms with Gasteiger partial charge in [-0.2, -0.15) is 4.68 Å². The normalized spacial score (nSPS) is 10.4. The number of hydrogen-bond donors (Lipinski definition) is 0. The summed E-state index contributed by atoms with van der Waals surface area (Å²) in [5.74, 6) is 0.571. The molecule has 0 spiro atoms. The smallest absolute Gasteiger partial charge is 0.358 e. The van der Waals surface area contributed by atoms with Gasteiger partial charge in [0.25, 0.3) is 0 Å². The first-order valence-electron chi connectivity index (χ1n) is 4.48. The Hall–Kier alpha value is -1.10. The number of nitrogens with zero attached hydrogens (tertiary/aromatic N) is 3. The topological polar surface area (TPSA) is 61.0 Å². The van der Waals surface area contributed by atoms with E-state index in [-0.39, 0.29) is 5.82 Å². The molecular formula is C8H12ClN3O2. The van der Waals surface area contributed by atoms with Crippen LogP contribution in [0.15, 0.2) is 12.3 Å². The van der Waals surface area contributed by atoms with Crippen LogP contribution in [0.1, 0.15) is 19.3 Å². The molecule has 78 valence electrons. The minimum Gasteiger partial charge on any atom is -0.358 e. The van der Waals surface area contributed by atoms with E-state index in [1.807, 2.05) is 0 Å². The lowest BCUT2D eigenvalue weighted by molar-refractivity contribution is -0.389. The van der Waals surface area contributed by atoms with Crippen LogP contribution < -0.4 is 0 Å². The number of alkyl halides is 1. The minimum atomic E-state index is -0.491. The summed E-state index contributed by atoms with van der Waals surface area (Å²) < 4.78 is 1.59. The van der Waals surface area contributed by atoms with Crippen molar-refractivity contribution in [1.29, 1.82) is 0 Å². The third-order valence-corrected chi connectivity index (χ3v) is 2.10. The zero-order valence-electron chi connectivity index (χ0n) is 7.73. The molecule has 0 aliphatic heterocycles. The second-order valence-corrected chi connectivity index (χ2v) is 3.32. The van der Waals surface area contributed by atoms with Gasteiger partial charge in [0.1, 0.15) is 0 Å². The van der Waals surface area contributed by atoms with Gasteiger partial charge in [-0.3, -0.25) is 0 Å². The Labute approximate surface area is 86.8 Å². The standard InChI is InChI=1S/C8H12ClN3O2/c9-5-2-1-3-6-11-7-4-8(10-11)12(13)14/h4,7H,1-3,5-6H2. The lowest BCUT2D eigenvalue weighted by atomic mass is 10.2. The molecule has 0 aromatic carbocycles. The van der Waals surface area contributed by atoms with Crippen LogP contribution in [0.4, 0.5) is 5.82 Å². The highest BCUT2D eigenvalue weighted by Gasteiger charge is 2.09. The maximum absolute atomic E-state index is 10.3. The van der Waals surface area contributed by atoms with Crippen LogP contribution in [0.3, 0.4) is 0 Å². The van der Waals surface area contributed by atoms with Crippen LogP contribution in [0.2, 0.25) is 0 Å². The summed E-state index contributed by atoms with van der Waals surface area (Å²) in [5, 5.41) is 14.1. The van der Waals surface area contributed by atoms with E-state index in [0.717, 1.165) is 19.3 Å². The molecule has 1 heterocycles. The summed E-state index contributed by atoms with van der Waals surface area (Å²) in [7, 11) is 0. The van der Waals surface area contributed by atoms with Gasteiger partial charge in [0.15, 0.2) is 0 Å². The van der Waals surface area contributed by atoms with Crippen molar-refractivity contribution in [2.45, 2.75) is 25.8 Å². The Morgan fingerprint density at radius 1 is 1.50 bits per heavy atom. The van der Waals surface area contributed by atoms with E-state index in [4.69, 9.17) is 11.6 Å². The molecule has 0 bridgehead atoms. The molecule has 0 radical (unpaired) electrons. The summed E-state index contributed by atoms with van der Waals surface area (Å²) in [6.07, 6.45) is 4.58. The molecule has 1 aromatic heterocycles. The van der Waals surface area contributed by atoms with E-state index in [9.17, 15) is 10.1 Å². The monoisotopic (exact) mass is 217 g/mol. The summed E-state index contributed by atoms with van der Waals surface area (Å²) in [5.41, 5.74) is 0. The van der Waals surface area contributed by atoms with Gasteiger partial charge in [0.05, 0.1) is 23.9 Å². The zero-order valence-corrected chi connectivity index (χ0v) is 8.48. The summed E-state index contributed by atoms with van der Waals surface area (Å²) in [4.78, 5) is 9.81. The van der Waals surface area contributed by atoms with E-state index in [1.54, 1.807) is 10.9 Å². The van der Waals surface area contributed by atoms with Crippen LogP contribution in [0.5, 0.6) is 0 Å². The lowest BCUT2D eigenvalue weighted by Gasteiger charge is -1.95. The molecule has 1 aromatic rings. The number of unbranched alkanes of at least 4 members (excludes halogenated alkanes) is 2. The van der Waals surface area contributed by atoms with E-state index in [2.05, 4.69) is 5.10 Å². The molecule has 0 amide bonds. The highest BCUT2D eigenvalue weighted by molar-refractivity contribution is 6.17. The van der Waals surface area contributed by atoms with Crippen molar-refractivity contribution >= 4 is 17.4 Å². The summed E-state index contributed by atoms with van der Waals surface area (Å²) in [6.45, 7) is 0.713. The van der Waals surface area contributed by atoms with Gasteiger partial charge in [-0.15, -0.1) is 11.6 Å². The van der Waals surface area contributed by atoms with Gasteiger partial charge in [0.2, 0.25) is 0 Å². The Morgan fingerprint density at radius 2 is 2.29 bits per heavy atom. The third kappa shape index (κ3) is 3.33. The fourth-order valence-electron chi connectivity index (χ4n) is 1.12. The maximum atomic E-state index is 10.3. The Bertz CT molecular complexity index is 301. The third-order valence-electron chi connectivity index (χ3n) is 1.83. The fraction of sp³-hybridized carbons (Fsp3) is 0.625. The SMILES string of the molecule is O=[N+]([O-])c1ccn(CCCCCCl)n1. The molecule has 0 saturated carbocycles. The van der Waals surface area contributed by atoms with Gasteiger partial charge in [-0.05, 0) is 17.8 Å². The average molecular weight is 218 g/mol. The number of nitro groups is 1. The van der Waals surface area contributed by atoms with E-state index in [0.29, 0.717) is 12.4 Å². The van der Waals surface area contributed by atoms with E-state index < -0.39 is 4.92 Å². The number of aromatic nitrogens is 2. The van der Waals surface area contributed by atoms with Crippen LogP contribution in [0, 0.1) is 10.1 Å². The molecular weight excluding hydrogens is 206 g/mol. The van der Waals surface area contributed by atoms with Gasteiger partial charge in [-0.1, -0.05) is 6.42 Å². The van der Waals surface area contributed by atoms with Crippen molar-refractivity contribution in [3.8, 4) is 0 Å². The maximum Gasteiger partial charge on any atom is 0.389 e. The molecule has 0 fully saturated rings. The predicted molar refractivity (Wildman–Crippen MR) is 53.5 cm³/mol. The Balaban J connectivity index is 2.33. The fourth-order valence-corrected chi connectivity index (χ4v) is 1.31. The van der Waals surface area contributed by atoms with Gasteiger partial charge >= 0.3 is 5.82 Å². The molecule has 0 aliphatic rings. The second-order valence-electron chi connectivity index (χ2n) is 2.94. The first kappa shape index (κ1) is 11.0. The van der Waals surface area contributed by atoms with Crippen molar-refractivity contribution in [3.05, 3.63) is 22.4 Å². The predicted octanol–water partition coefficient (Wildman–Crippen LogP) is 2.20. The van der Waals surface area contributed by atoms with Crippen molar-refractivity contribution in [2.24, 2.45) is 0 Å². The molecule has 5 nitrogen and oxygen atoms in total. The first-order valence-corrected chi connectivity index (χ1v) is 5.01. The molecule has 6 heteroatoms. The quantitative estimate of drug-likeness (QED) is 0.318. The minimum absolute atomic E-state index is 0.0951. The molecule has 0 N–H and O–H groups in total. The number of hydrogen-bond acceptors (Lipinski definition) is 3. The van der Waals surface area contributed by atoms with Gasteiger partial charge < -0.3 is 10.1 Å². The second kappa shape index (κ2) is 5.59. The van der Waals surface area contributed by atoms with Crippen molar-refractivity contribution < 1.29 is 4.92 Å². The van der Waals surface area contributed by atoms with Crippen LogP contribution in [-0.2, 0) is 6.54 Å². The summed E-state index contributed by atoms with van der Waals surface area (Å²) >= 11 is 5.52. The van der Waals surface area contributed by atoms with Crippen LogP contribution in [-0.4, -0.2) is 20.6 Å². The first-order chi connectivity index (χ1) is 6.74. The molecule has 14 heavy (non-hydrogen) atoms. The lowest BCUT2D eigenvalue weighted by Crippen LogP contribution is -1.99. The number of aryl methyl sites for hydroxylation is 1. The largest absolute Gasteiger partial charge is 0.389 e. The number of rotatable bonds is 6. The summed E-state index contributed by atoms with van der Waals surface area (Å²) in [6, 6.07) is 1.40. The Kier molecular flexibility index (Phi) is 4.39. The van der Waals surface area contributed by atoms with Crippen molar-refractivity contribution in [3.63, 3.8) is 0 Å². The Morgan fingerprint density at radius 3 is 2.86 bits per heavy atom. The molecule has 0 aliphatic carbocycles.